The first-order chi connectivity index (χ1) is 14.6. The second kappa shape index (κ2) is 18.7. The predicted octanol–water partition coefficient (Wildman–Crippen LogP) is 7.63. The molecule has 0 radical (unpaired) electrons. The largest absolute Gasteiger partial charge is 0.466 e. The van der Waals surface area contributed by atoms with E-state index in [1.54, 1.807) is 12.1 Å². The summed E-state index contributed by atoms with van der Waals surface area (Å²) in [5, 5.41) is 0. The summed E-state index contributed by atoms with van der Waals surface area (Å²) in [5.41, 5.74) is 0. The van der Waals surface area contributed by atoms with E-state index in [0.717, 1.165) is 12.8 Å². The summed E-state index contributed by atoms with van der Waals surface area (Å²) < 4.78 is 33.9. The standard InChI is InChI=1S/C25H44O4S/c1-2-3-4-5-6-7-8-9-10-11-12-13-14-15-16-20-23-30(26,27)29-24-28-25-21-18-17-19-22-25/h17-19,21-22H,2-16,20,23-24H2,1H3. The second-order valence-corrected chi connectivity index (χ2v) is 10.0. The lowest BCUT2D eigenvalue weighted by molar-refractivity contribution is 0.126. The van der Waals surface area contributed by atoms with E-state index < -0.39 is 10.1 Å². The fourth-order valence-corrected chi connectivity index (χ4v) is 4.44. The molecule has 174 valence electrons. The fraction of sp³-hybridized carbons (Fsp3) is 0.760. The summed E-state index contributed by atoms with van der Waals surface area (Å²) in [6.07, 6.45) is 20.4. The monoisotopic (exact) mass is 440 g/mol. The molecule has 0 spiro atoms. The summed E-state index contributed by atoms with van der Waals surface area (Å²) in [6.45, 7) is 2.01. The van der Waals surface area contributed by atoms with E-state index in [0.29, 0.717) is 12.2 Å². The molecule has 1 aromatic rings. The Bertz CT molecular complexity index is 586. The van der Waals surface area contributed by atoms with Gasteiger partial charge in [0.15, 0.2) is 0 Å². The maximum atomic E-state index is 11.9. The van der Waals surface area contributed by atoms with Crippen LogP contribution >= 0.6 is 0 Å². The minimum Gasteiger partial charge on any atom is -0.466 e. The van der Waals surface area contributed by atoms with Crippen molar-refractivity contribution in [2.45, 2.75) is 110 Å². The molecule has 1 aromatic carbocycles. The molecule has 0 aliphatic carbocycles. The van der Waals surface area contributed by atoms with Gasteiger partial charge in [0.25, 0.3) is 10.1 Å². The Morgan fingerprint density at radius 2 is 1.07 bits per heavy atom. The van der Waals surface area contributed by atoms with E-state index in [-0.39, 0.29) is 12.5 Å². The summed E-state index contributed by atoms with van der Waals surface area (Å²) >= 11 is 0. The number of ether oxygens (including phenoxy) is 1. The average Bonchev–Trinajstić information content (AvgIpc) is 2.74. The van der Waals surface area contributed by atoms with Gasteiger partial charge in [-0.1, -0.05) is 121 Å². The number of benzene rings is 1. The predicted molar refractivity (Wildman–Crippen MR) is 126 cm³/mol. The van der Waals surface area contributed by atoms with Gasteiger partial charge in [0, 0.05) is 0 Å². The second-order valence-electron chi connectivity index (χ2n) is 8.26. The van der Waals surface area contributed by atoms with Gasteiger partial charge in [0.2, 0.25) is 6.79 Å². The van der Waals surface area contributed by atoms with E-state index >= 15 is 0 Å². The van der Waals surface area contributed by atoms with Crippen molar-refractivity contribution in [1.29, 1.82) is 0 Å². The van der Waals surface area contributed by atoms with E-state index in [1.165, 1.54) is 83.5 Å². The first-order valence-corrected chi connectivity index (χ1v) is 13.8. The minimum absolute atomic E-state index is 0.0730. The number of hydrogen-bond acceptors (Lipinski definition) is 4. The smallest absolute Gasteiger partial charge is 0.270 e. The van der Waals surface area contributed by atoms with E-state index in [4.69, 9.17) is 8.92 Å². The lowest BCUT2D eigenvalue weighted by Crippen LogP contribution is -2.14. The highest BCUT2D eigenvalue weighted by Crippen LogP contribution is 2.14. The molecule has 30 heavy (non-hydrogen) atoms. The van der Waals surface area contributed by atoms with Gasteiger partial charge in [0.1, 0.15) is 5.75 Å². The zero-order valence-electron chi connectivity index (χ0n) is 19.2. The Labute approximate surface area is 185 Å². The topological polar surface area (TPSA) is 52.6 Å². The molecule has 0 amide bonds. The van der Waals surface area contributed by atoms with Crippen molar-refractivity contribution >= 4 is 10.1 Å². The number of unbranched alkanes of at least 4 members (excludes halogenated alkanes) is 15. The lowest BCUT2D eigenvalue weighted by Gasteiger charge is -2.07. The molecule has 0 fully saturated rings. The van der Waals surface area contributed by atoms with Crippen molar-refractivity contribution in [2.24, 2.45) is 0 Å². The Morgan fingerprint density at radius 1 is 0.633 bits per heavy atom. The third-order valence-corrected chi connectivity index (χ3v) is 6.69. The normalized spacial score (nSPS) is 11.6. The van der Waals surface area contributed by atoms with E-state index in [2.05, 4.69) is 6.92 Å². The number of hydrogen-bond donors (Lipinski definition) is 0. The van der Waals surface area contributed by atoms with Crippen LogP contribution < -0.4 is 4.74 Å². The molecule has 0 aromatic heterocycles. The zero-order chi connectivity index (χ0) is 21.8. The van der Waals surface area contributed by atoms with Crippen LogP contribution in [0.1, 0.15) is 110 Å². The molecule has 0 atom stereocenters. The minimum atomic E-state index is -3.50. The highest BCUT2D eigenvalue weighted by atomic mass is 32.2. The summed E-state index contributed by atoms with van der Waals surface area (Å²) in [6, 6.07) is 9.08. The zero-order valence-corrected chi connectivity index (χ0v) is 20.0. The van der Waals surface area contributed by atoms with Crippen LogP contribution in [0.15, 0.2) is 30.3 Å². The molecule has 5 heteroatoms. The van der Waals surface area contributed by atoms with Gasteiger partial charge in [0.05, 0.1) is 5.75 Å². The van der Waals surface area contributed by atoms with Crippen LogP contribution in [0.2, 0.25) is 0 Å². The van der Waals surface area contributed by atoms with Crippen molar-refractivity contribution in [2.75, 3.05) is 12.5 Å². The Morgan fingerprint density at radius 3 is 1.53 bits per heavy atom. The first kappa shape index (κ1) is 27.0. The van der Waals surface area contributed by atoms with Crippen LogP contribution in [0.3, 0.4) is 0 Å². The quantitative estimate of drug-likeness (QED) is 0.112. The molecular formula is C25H44O4S. The highest BCUT2D eigenvalue weighted by molar-refractivity contribution is 7.86. The van der Waals surface area contributed by atoms with Crippen LogP contribution in [-0.4, -0.2) is 21.0 Å². The van der Waals surface area contributed by atoms with Gasteiger partial charge in [-0.05, 0) is 18.6 Å². The van der Waals surface area contributed by atoms with E-state index in [9.17, 15) is 8.42 Å². The maximum Gasteiger partial charge on any atom is 0.270 e. The molecule has 0 N–H and O–H groups in total. The third kappa shape index (κ3) is 16.7. The van der Waals surface area contributed by atoms with Gasteiger partial charge < -0.3 is 4.74 Å². The van der Waals surface area contributed by atoms with Crippen molar-refractivity contribution in [3.05, 3.63) is 30.3 Å². The molecule has 0 heterocycles. The molecule has 0 saturated carbocycles. The van der Waals surface area contributed by atoms with Crippen LogP contribution in [0.25, 0.3) is 0 Å². The highest BCUT2D eigenvalue weighted by Gasteiger charge is 2.11. The molecule has 0 aliphatic rings. The van der Waals surface area contributed by atoms with Gasteiger partial charge in [-0.2, -0.15) is 8.42 Å². The number of para-hydroxylation sites is 1. The van der Waals surface area contributed by atoms with Crippen LogP contribution in [0.4, 0.5) is 0 Å². The molecule has 0 saturated heterocycles. The maximum absolute atomic E-state index is 11.9. The van der Waals surface area contributed by atoms with Crippen LogP contribution in [0, 0.1) is 0 Å². The average molecular weight is 441 g/mol. The van der Waals surface area contributed by atoms with Crippen molar-refractivity contribution < 1.29 is 17.3 Å². The molecule has 0 bridgehead atoms. The summed E-state index contributed by atoms with van der Waals surface area (Å²) in [5.74, 6) is 0.680. The lowest BCUT2D eigenvalue weighted by atomic mass is 10.0. The Hall–Kier alpha value is -1.07. The van der Waals surface area contributed by atoms with Crippen LogP contribution in [0.5, 0.6) is 5.75 Å². The molecule has 0 unspecified atom stereocenters. The fourth-order valence-electron chi connectivity index (χ4n) is 3.57. The van der Waals surface area contributed by atoms with Crippen molar-refractivity contribution in [1.82, 2.24) is 0 Å². The van der Waals surface area contributed by atoms with Crippen LogP contribution in [-0.2, 0) is 14.3 Å². The Kier molecular flexibility index (Phi) is 16.8. The molecule has 1 rings (SSSR count). The molecule has 0 aliphatic heterocycles. The number of rotatable bonds is 21. The summed E-state index contributed by atoms with van der Waals surface area (Å²) in [4.78, 5) is 0. The molecule has 4 nitrogen and oxygen atoms in total. The molecular weight excluding hydrogens is 396 g/mol. The van der Waals surface area contributed by atoms with Gasteiger partial charge in [-0.15, -0.1) is 0 Å². The van der Waals surface area contributed by atoms with Gasteiger partial charge in [-0.25, -0.2) is 4.18 Å². The van der Waals surface area contributed by atoms with Gasteiger partial charge in [-0.3, -0.25) is 0 Å². The van der Waals surface area contributed by atoms with Gasteiger partial charge >= 0.3 is 0 Å². The third-order valence-electron chi connectivity index (χ3n) is 5.44. The Balaban J connectivity index is 1.83. The van der Waals surface area contributed by atoms with Crippen molar-refractivity contribution in [3.63, 3.8) is 0 Å². The first-order valence-electron chi connectivity index (χ1n) is 12.2. The SMILES string of the molecule is CCCCCCCCCCCCCCCCCCS(=O)(=O)OCOc1ccccc1. The van der Waals surface area contributed by atoms with Crippen molar-refractivity contribution in [3.8, 4) is 5.75 Å². The van der Waals surface area contributed by atoms with E-state index in [1.807, 2.05) is 18.2 Å². The summed E-state index contributed by atoms with van der Waals surface area (Å²) in [7, 11) is -3.50.